The number of rotatable bonds is 7. The summed E-state index contributed by atoms with van der Waals surface area (Å²) in [6.07, 6.45) is 1.59. The van der Waals surface area contributed by atoms with Gasteiger partial charge in [0.15, 0.2) is 0 Å². The summed E-state index contributed by atoms with van der Waals surface area (Å²) in [5.41, 5.74) is 1.67. The number of hydrogen-bond acceptors (Lipinski definition) is 2. The number of hydrogen-bond donors (Lipinski definition) is 2. The molecule has 0 aliphatic rings. The molecular weight excluding hydrogens is 309 g/mol. The van der Waals surface area contributed by atoms with Gasteiger partial charge in [0, 0.05) is 24.2 Å². The number of benzene rings is 1. The van der Waals surface area contributed by atoms with Crippen molar-refractivity contribution in [3.8, 4) is 5.69 Å². The maximum absolute atomic E-state index is 13.0. The van der Waals surface area contributed by atoms with Gasteiger partial charge in [-0.1, -0.05) is 13.8 Å². The summed E-state index contributed by atoms with van der Waals surface area (Å²) in [4.78, 5) is 24.4. The van der Waals surface area contributed by atoms with Crippen molar-refractivity contribution in [1.82, 2.24) is 15.1 Å². The smallest absolute Gasteiger partial charge is 0.274 e. The summed E-state index contributed by atoms with van der Waals surface area (Å²) in [7, 11) is 0. The Hall–Kier alpha value is -2.37. The van der Waals surface area contributed by atoms with E-state index >= 15 is 0 Å². The standard InChI is InChI=1S/C18H24FN3O2/c1-12(2)10-11-20-17(23)9-8-16-13(3)21-22(18(16)24)15-6-4-14(19)5-7-15/h4-7,12,21H,8-11H2,1-3H3,(H,20,23). The molecule has 24 heavy (non-hydrogen) atoms. The minimum absolute atomic E-state index is 0.0519. The number of halogens is 1. The van der Waals surface area contributed by atoms with Crippen LogP contribution in [-0.4, -0.2) is 22.2 Å². The number of nitrogens with one attached hydrogen (secondary N) is 2. The lowest BCUT2D eigenvalue weighted by Crippen LogP contribution is -2.26. The van der Waals surface area contributed by atoms with Crippen LogP contribution in [-0.2, 0) is 11.2 Å². The van der Waals surface area contributed by atoms with Gasteiger partial charge in [-0.25, -0.2) is 9.07 Å². The Morgan fingerprint density at radius 2 is 1.96 bits per heavy atom. The molecule has 1 aromatic heterocycles. The van der Waals surface area contributed by atoms with E-state index in [0.717, 1.165) is 12.1 Å². The van der Waals surface area contributed by atoms with Crippen LogP contribution in [0, 0.1) is 18.7 Å². The van der Waals surface area contributed by atoms with Gasteiger partial charge in [-0.3, -0.25) is 14.7 Å². The quantitative estimate of drug-likeness (QED) is 0.818. The van der Waals surface area contributed by atoms with Crippen LogP contribution in [0.4, 0.5) is 4.39 Å². The third-order valence-corrected chi connectivity index (χ3v) is 3.92. The van der Waals surface area contributed by atoms with Crippen molar-refractivity contribution in [3.05, 3.63) is 51.7 Å². The Labute approximate surface area is 140 Å². The van der Waals surface area contributed by atoms with Gasteiger partial charge in [0.05, 0.1) is 5.69 Å². The van der Waals surface area contributed by atoms with Gasteiger partial charge in [-0.15, -0.1) is 0 Å². The zero-order valence-electron chi connectivity index (χ0n) is 14.4. The van der Waals surface area contributed by atoms with Crippen LogP contribution in [0.2, 0.25) is 0 Å². The first kappa shape index (κ1) is 18.0. The van der Waals surface area contributed by atoms with E-state index in [0.29, 0.717) is 30.1 Å². The van der Waals surface area contributed by atoms with Gasteiger partial charge in [-0.2, -0.15) is 0 Å². The molecule has 0 bridgehead atoms. The molecule has 2 aromatic rings. The third kappa shape index (κ3) is 4.57. The number of carbonyl (C=O) groups excluding carboxylic acids is 1. The summed E-state index contributed by atoms with van der Waals surface area (Å²) in [6.45, 7) is 6.66. The van der Waals surface area contributed by atoms with Crippen LogP contribution < -0.4 is 10.9 Å². The van der Waals surface area contributed by atoms with Crippen LogP contribution >= 0.6 is 0 Å². The lowest BCUT2D eigenvalue weighted by molar-refractivity contribution is -0.121. The number of aryl methyl sites for hydroxylation is 1. The van der Waals surface area contributed by atoms with E-state index in [4.69, 9.17) is 0 Å². The van der Waals surface area contributed by atoms with E-state index < -0.39 is 0 Å². The zero-order chi connectivity index (χ0) is 17.7. The van der Waals surface area contributed by atoms with E-state index in [2.05, 4.69) is 24.3 Å². The average Bonchev–Trinajstić information content (AvgIpc) is 2.80. The molecule has 0 saturated carbocycles. The lowest BCUT2D eigenvalue weighted by Gasteiger charge is -2.06. The summed E-state index contributed by atoms with van der Waals surface area (Å²) < 4.78 is 14.4. The molecule has 1 heterocycles. The largest absolute Gasteiger partial charge is 0.356 e. The SMILES string of the molecule is Cc1[nH]n(-c2ccc(F)cc2)c(=O)c1CCC(=O)NCCC(C)C. The lowest BCUT2D eigenvalue weighted by atomic mass is 10.1. The molecule has 1 aromatic carbocycles. The first-order valence-electron chi connectivity index (χ1n) is 8.21. The Bertz CT molecular complexity index is 745. The first-order valence-corrected chi connectivity index (χ1v) is 8.21. The highest BCUT2D eigenvalue weighted by Gasteiger charge is 2.14. The molecule has 5 nitrogen and oxygen atoms in total. The highest BCUT2D eigenvalue weighted by molar-refractivity contribution is 5.76. The van der Waals surface area contributed by atoms with Crippen molar-refractivity contribution >= 4 is 5.91 Å². The van der Waals surface area contributed by atoms with Gasteiger partial charge >= 0.3 is 0 Å². The average molecular weight is 333 g/mol. The van der Waals surface area contributed by atoms with Crippen molar-refractivity contribution < 1.29 is 9.18 Å². The maximum Gasteiger partial charge on any atom is 0.274 e. The molecule has 0 spiro atoms. The topological polar surface area (TPSA) is 66.9 Å². The van der Waals surface area contributed by atoms with Crippen LogP contribution in [0.25, 0.3) is 5.69 Å². The first-order chi connectivity index (χ1) is 11.4. The molecule has 0 saturated heterocycles. The molecule has 130 valence electrons. The normalized spacial score (nSPS) is 11.0. The van der Waals surface area contributed by atoms with Gasteiger partial charge < -0.3 is 5.32 Å². The summed E-state index contributed by atoms with van der Waals surface area (Å²) in [6, 6.07) is 5.68. The Balaban J connectivity index is 2.03. The Morgan fingerprint density at radius 1 is 1.29 bits per heavy atom. The summed E-state index contributed by atoms with van der Waals surface area (Å²) in [5.74, 6) is 0.137. The van der Waals surface area contributed by atoms with E-state index in [9.17, 15) is 14.0 Å². The second-order valence-electron chi connectivity index (χ2n) is 6.36. The fourth-order valence-corrected chi connectivity index (χ4v) is 2.47. The molecule has 0 atom stereocenters. The van der Waals surface area contributed by atoms with Crippen molar-refractivity contribution in [3.63, 3.8) is 0 Å². The zero-order valence-corrected chi connectivity index (χ0v) is 14.4. The van der Waals surface area contributed by atoms with Crippen molar-refractivity contribution in [2.24, 2.45) is 5.92 Å². The van der Waals surface area contributed by atoms with Crippen LogP contribution in [0.5, 0.6) is 0 Å². The molecule has 2 N–H and O–H groups in total. The maximum atomic E-state index is 13.0. The van der Waals surface area contributed by atoms with Crippen LogP contribution in [0.15, 0.2) is 29.1 Å². The predicted octanol–water partition coefficient (Wildman–Crippen LogP) is 2.71. The van der Waals surface area contributed by atoms with Gasteiger partial charge in [0.2, 0.25) is 5.91 Å². The Kier molecular flexibility index (Phi) is 5.95. The number of amides is 1. The highest BCUT2D eigenvalue weighted by Crippen LogP contribution is 2.10. The van der Waals surface area contributed by atoms with Crippen LogP contribution in [0.1, 0.15) is 37.9 Å². The summed E-state index contributed by atoms with van der Waals surface area (Å²) in [5, 5.41) is 5.85. The third-order valence-electron chi connectivity index (χ3n) is 3.92. The van der Waals surface area contributed by atoms with Crippen LogP contribution in [0.3, 0.4) is 0 Å². The van der Waals surface area contributed by atoms with E-state index in [-0.39, 0.29) is 23.7 Å². The predicted molar refractivity (Wildman–Crippen MR) is 91.9 cm³/mol. The van der Waals surface area contributed by atoms with Gasteiger partial charge in [0.25, 0.3) is 5.56 Å². The molecule has 0 unspecified atom stereocenters. The number of aromatic nitrogens is 2. The van der Waals surface area contributed by atoms with Gasteiger partial charge in [0.1, 0.15) is 5.82 Å². The molecule has 0 aliphatic heterocycles. The van der Waals surface area contributed by atoms with E-state index in [1.54, 1.807) is 6.92 Å². The monoisotopic (exact) mass is 333 g/mol. The number of aromatic amines is 1. The minimum Gasteiger partial charge on any atom is -0.356 e. The summed E-state index contributed by atoms with van der Waals surface area (Å²) >= 11 is 0. The molecule has 2 rings (SSSR count). The molecular formula is C18H24FN3O2. The van der Waals surface area contributed by atoms with Crippen molar-refractivity contribution in [2.45, 2.75) is 40.0 Å². The second kappa shape index (κ2) is 7.95. The second-order valence-corrected chi connectivity index (χ2v) is 6.36. The van der Waals surface area contributed by atoms with E-state index in [1.807, 2.05) is 0 Å². The molecule has 0 aliphatic carbocycles. The number of carbonyl (C=O) groups is 1. The van der Waals surface area contributed by atoms with Crippen molar-refractivity contribution in [2.75, 3.05) is 6.54 Å². The Morgan fingerprint density at radius 3 is 2.58 bits per heavy atom. The fourth-order valence-electron chi connectivity index (χ4n) is 2.47. The molecule has 0 radical (unpaired) electrons. The minimum atomic E-state index is -0.353. The van der Waals surface area contributed by atoms with E-state index in [1.165, 1.54) is 28.9 Å². The molecule has 0 fully saturated rings. The number of nitrogens with zero attached hydrogens (tertiary/aromatic N) is 1. The number of H-pyrrole nitrogens is 1. The molecule has 1 amide bonds. The fraction of sp³-hybridized carbons (Fsp3) is 0.444. The van der Waals surface area contributed by atoms with Gasteiger partial charge in [-0.05, 0) is 49.9 Å². The highest BCUT2D eigenvalue weighted by atomic mass is 19.1. The molecule has 6 heteroatoms. The van der Waals surface area contributed by atoms with Crippen molar-refractivity contribution in [1.29, 1.82) is 0 Å².